The third kappa shape index (κ3) is 3.21. The van der Waals surface area contributed by atoms with Gasteiger partial charge in [-0.15, -0.1) is 0 Å². The molecule has 7 rings (SSSR count). The van der Waals surface area contributed by atoms with Crippen molar-refractivity contribution in [2.75, 3.05) is 33.2 Å². The summed E-state index contributed by atoms with van der Waals surface area (Å²) >= 11 is 0. The average molecular weight is 470 g/mol. The summed E-state index contributed by atoms with van der Waals surface area (Å²) in [4.78, 5) is 38.8. The van der Waals surface area contributed by atoms with E-state index in [-0.39, 0.29) is 17.1 Å². The highest BCUT2D eigenvalue weighted by Crippen LogP contribution is 2.46. The molecule has 1 spiro atoms. The van der Waals surface area contributed by atoms with Crippen LogP contribution in [0.3, 0.4) is 0 Å². The smallest absolute Gasteiger partial charge is 0.256 e. The SMILES string of the molecule is CN1CC2CCC(C1)N2C(=O)c1cnc2[nH]cc(-c3ccc4c(c3)C3(CCNCC3)CC4=O)c2c1. The Bertz CT molecular complexity index is 1340. The van der Waals surface area contributed by atoms with Crippen LogP contribution in [0.15, 0.2) is 36.7 Å². The molecule has 4 aliphatic rings. The Hall–Kier alpha value is -3.03. The van der Waals surface area contributed by atoms with E-state index < -0.39 is 0 Å². The molecule has 0 saturated carbocycles. The number of carbonyl (C=O) groups excluding carboxylic acids is 2. The van der Waals surface area contributed by atoms with Gasteiger partial charge >= 0.3 is 0 Å². The maximum absolute atomic E-state index is 13.6. The van der Waals surface area contributed by atoms with Crippen LogP contribution in [-0.2, 0) is 5.41 Å². The van der Waals surface area contributed by atoms with Crippen molar-refractivity contribution in [2.24, 2.45) is 0 Å². The summed E-state index contributed by atoms with van der Waals surface area (Å²) in [5.74, 6) is 0.365. The minimum Gasteiger partial charge on any atom is -0.346 e. The van der Waals surface area contributed by atoms with Crippen LogP contribution in [0.25, 0.3) is 22.2 Å². The molecule has 7 nitrogen and oxygen atoms in total. The third-order valence-electron chi connectivity index (χ3n) is 8.94. The highest BCUT2D eigenvalue weighted by molar-refractivity contribution is 6.04. The van der Waals surface area contributed by atoms with Crippen LogP contribution < -0.4 is 5.32 Å². The molecule has 2 unspecified atom stereocenters. The molecule has 3 saturated heterocycles. The highest BCUT2D eigenvalue weighted by Gasteiger charge is 2.44. The van der Waals surface area contributed by atoms with E-state index >= 15 is 0 Å². The fourth-order valence-corrected chi connectivity index (χ4v) is 7.20. The van der Waals surface area contributed by atoms with Crippen molar-refractivity contribution in [1.82, 2.24) is 25.1 Å². The summed E-state index contributed by atoms with van der Waals surface area (Å²) in [6, 6.07) is 8.88. The number of ketones is 1. The van der Waals surface area contributed by atoms with Crippen molar-refractivity contribution in [3.63, 3.8) is 0 Å². The van der Waals surface area contributed by atoms with E-state index in [9.17, 15) is 9.59 Å². The maximum Gasteiger partial charge on any atom is 0.256 e. The van der Waals surface area contributed by atoms with E-state index in [0.29, 0.717) is 24.1 Å². The van der Waals surface area contributed by atoms with Gasteiger partial charge in [0.25, 0.3) is 5.91 Å². The van der Waals surface area contributed by atoms with Crippen LogP contribution in [0.4, 0.5) is 0 Å². The summed E-state index contributed by atoms with van der Waals surface area (Å²) in [6.45, 7) is 3.79. The summed E-state index contributed by atoms with van der Waals surface area (Å²) in [5, 5.41) is 4.40. The van der Waals surface area contributed by atoms with E-state index in [4.69, 9.17) is 0 Å². The molecular formula is C28H31N5O2. The van der Waals surface area contributed by atoms with Crippen molar-refractivity contribution >= 4 is 22.7 Å². The summed E-state index contributed by atoms with van der Waals surface area (Å²) < 4.78 is 0. The first-order chi connectivity index (χ1) is 17.0. The fourth-order valence-electron chi connectivity index (χ4n) is 7.20. The van der Waals surface area contributed by atoms with Gasteiger partial charge in [0.1, 0.15) is 5.65 Å². The van der Waals surface area contributed by atoms with Crippen molar-refractivity contribution in [1.29, 1.82) is 0 Å². The average Bonchev–Trinajstić information content (AvgIpc) is 3.49. The molecule has 7 heteroatoms. The highest BCUT2D eigenvalue weighted by atomic mass is 16.2. The topological polar surface area (TPSA) is 81.3 Å². The number of rotatable bonds is 2. The second-order valence-corrected chi connectivity index (χ2v) is 11.0. The first kappa shape index (κ1) is 21.3. The van der Waals surface area contributed by atoms with Gasteiger partial charge in [-0.3, -0.25) is 9.59 Å². The molecular weight excluding hydrogens is 438 g/mol. The molecule has 3 aromatic rings. The number of nitrogens with one attached hydrogen (secondary N) is 2. The van der Waals surface area contributed by atoms with Gasteiger partial charge < -0.3 is 20.1 Å². The van der Waals surface area contributed by atoms with Crippen LogP contribution in [0.1, 0.15) is 58.4 Å². The van der Waals surface area contributed by atoms with Crippen molar-refractivity contribution in [3.05, 3.63) is 53.3 Å². The summed E-state index contributed by atoms with van der Waals surface area (Å²) in [6.07, 6.45) is 8.48. The number of benzene rings is 1. The number of nitrogens with zero attached hydrogens (tertiary/aromatic N) is 3. The van der Waals surface area contributed by atoms with Gasteiger partial charge in [-0.05, 0) is 69.1 Å². The van der Waals surface area contributed by atoms with Crippen LogP contribution in [0, 0.1) is 0 Å². The van der Waals surface area contributed by atoms with Gasteiger partial charge in [0, 0.05) is 65.9 Å². The molecule has 2 aromatic heterocycles. The molecule has 2 bridgehead atoms. The zero-order valence-electron chi connectivity index (χ0n) is 20.1. The second-order valence-electron chi connectivity index (χ2n) is 11.0. The quantitative estimate of drug-likeness (QED) is 0.602. The maximum atomic E-state index is 13.6. The van der Waals surface area contributed by atoms with Gasteiger partial charge in [-0.2, -0.15) is 0 Å². The largest absolute Gasteiger partial charge is 0.346 e. The molecule has 180 valence electrons. The molecule has 2 atom stereocenters. The number of piperidine rings is 1. The number of aromatic amines is 1. The van der Waals surface area contributed by atoms with Gasteiger partial charge in [0.2, 0.25) is 0 Å². The first-order valence-corrected chi connectivity index (χ1v) is 12.9. The Morgan fingerprint density at radius 1 is 1.09 bits per heavy atom. The Morgan fingerprint density at radius 2 is 1.86 bits per heavy atom. The number of amides is 1. The number of likely N-dealkylation sites (N-methyl/N-ethyl adjacent to an activating group) is 1. The van der Waals surface area contributed by atoms with Gasteiger partial charge in [0.05, 0.1) is 5.56 Å². The number of aromatic nitrogens is 2. The summed E-state index contributed by atoms with van der Waals surface area (Å²) in [5.41, 5.74) is 5.60. The number of likely N-dealkylation sites (tertiary alicyclic amines) is 1. The zero-order chi connectivity index (χ0) is 23.7. The fraction of sp³-hybridized carbons (Fsp3) is 0.464. The molecule has 0 radical (unpaired) electrons. The number of carbonyl (C=O) groups is 2. The van der Waals surface area contributed by atoms with E-state index in [1.807, 2.05) is 18.3 Å². The molecule has 1 aliphatic carbocycles. The monoisotopic (exact) mass is 469 g/mol. The number of Topliss-reactive ketones (excluding diaryl/α,β-unsaturated/α-hetero) is 1. The molecule has 3 fully saturated rings. The molecule has 2 N–H and O–H groups in total. The number of pyridine rings is 1. The van der Waals surface area contributed by atoms with E-state index in [1.165, 1.54) is 5.56 Å². The van der Waals surface area contributed by atoms with Crippen LogP contribution in [-0.4, -0.2) is 76.8 Å². The zero-order valence-corrected chi connectivity index (χ0v) is 20.1. The van der Waals surface area contributed by atoms with Crippen LogP contribution in [0.2, 0.25) is 0 Å². The lowest BCUT2D eigenvalue weighted by Crippen LogP contribution is -2.54. The van der Waals surface area contributed by atoms with Crippen molar-refractivity contribution < 1.29 is 9.59 Å². The lowest BCUT2D eigenvalue weighted by Gasteiger charge is -2.39. The minimum atomic E-state index is -0.0418. The lowest BCUT2D eigenvalue weighted by atomic mass is 9.74. The normalized spacial score (nSPS) is 25.5. The van der Waals surface area contributed by atoms with E-state index in [0.717, 1.165) is 79.6 Å². The standard InChI is InChI=1S/C28H31N5O2/c1-32-15-19-3-4-20(16-32)33(19)27(35)18-10-22-23(14-31-26(22)30-13-18)17-2-5-21-24(11-17)28(12-25(21)34)6-8-29-9-7-28/h2,5,10-11,13-14,19-20,29H,3-4,6-9,12,15-16H2,1H3,(H,30,31). The Morgan fingerprint density at radius 3 is 2.63 bits per heavy atom. The Kier molecular flexibility index (Phi) is 4.70. The molecule has 5 heterocycles. The van der Waals surface area contributed by atoms with Crippen LogP contribution in [0.5, 0.6) is 0 Å². The molecule has 35 heavy (non-hydrogen) atoms. The number of hydrogen-bond acceptors (Lipinski definition) is 5. The second kappa shape index (κ2) is 7.73. The van der Waals surface area contributed by atoms with E-state index in [1.54, 1.807) is 6.20 Å². The predicted octanol–water partition coefficient (Wildman–Crippen LogP) is 3.36. The van der Waals surface area contributed by atoms with Crippen molar-refractivity contribution in [2.45, 2.75) is 49.6 Å². The molecule has 1 amide bonds. The Balaban J connectivity index is 1.27. The van der Waals surface area contributed by atoms with Crippen molar-refractivity contribution in [3.8, 4) is 11.1 Å². The van der Waals surface area contributed by atoms with E-state index in [2.05, 4.69) is 44.3 Å². The minimum absolute atomic E-state index is 0.0418. The Labute approximate surface area is 204 Å². The number of fused-ring (bicyclic) bond motifs is 5. The number of piperazine rings is 1. The predicted molar refractivity (Wildman–Crippen MR) is 135 cm³/mol. The van der Waals surface area contributed by atoms with Gasteiger partial charge in [-0.25, -0.2) is 4.98 Å². The van der Waals surface area contributed by atoms with Crippen LogP contribution >= 0.6 is 0 Å². The third-order valence-corrected chi connectivity index (χ3v) is 8.94. The van der Waals surface area contributed by atoms with Gasteiger partial charge in [0.15, 0.2) is 5.78 Å². The first-order valence-electron chi connectivity index (χ1n) is 12.9. The number of H-pyrrole nitrogens is 1. The summed E-state index contributed by atoms with van der Waals surface area (Å²) in [7, 11) is 2.14. The number of hydrogen-bond donors (Lipinski definition) is 2. The molecule has 3 aliphatic heterocycles. The molecule has 1 aromatic carbocycles. The van der Waals surface area contributed by atoms with Gasteiger partial charge in [-0.1, -0.05) is 12.1 Å². The lowest BCUT2D eigenvalue weighted by molar-refractivity contribution is 0.0472.